The number of hydrazine groups is 1. The lowest BCUT2D eigenvalue weighted by Crippen LogP contribution is -2.49. The minimum absolute atomic E-state index is 0.201. The van der Waals surface area contributed by atoms with Gasteiger partial charge in [-0.05, 0) is 49.8 Å². The summed E-state index contributed by atoms with van der Waals surface area (Å²) in [5, 5.41) is 3.66. The fourth-order valence-electron chi connectivity index (χ4n) is 2.96. The molecule has 1 saturated heterocycles. The van der Waals surface area contributed by atoms with Crippen LogP contribution in [0.25, 0.3) is 0 Å². The molecular formula is C20H20ClN3O3S. The molecule has 8 heteroatoms. The zero-order valence-electron chi connectivity index (χ0n) is 15.5. The zero-order valence-corrected chi connectivity index (χ0v) is 17.1. The van der Waals surface area contributed by atoms with Crippen LogP contribution in [-0.4, -0.2) is 34.6 Å². The molecule has 0 aromatic heterocycles. The van der Waals surface area contributed by atoms with Crippen molar-refractivity contribution in [1.82, 2.24) is 15.8 Å². The Kier molecular flexibility index (Phi) is 5.96. The monoisotopic (exact) mass is 417 g/mol. The highest BCUT2D eigenvalue weighted by molar-refractivity contribution is 7.98. The van der Waals surface area contributed by atoms with E-state index < -0.39 is 23.4 Å². The van der Waals surface area contributed by atoms with Crippen molar-refractivity contribution in [3.05, 3.63) is 64.7 Å². The smallest absolute Gasteiger partial charge is 0.322 e. The molecule has 0 radical (unpaired) electrons. The Morgan fingerprint density at radius 3 is 2.61 bits per heavy atom. The molecule has 0 saturated carbocycles. The molecule has 1 unspecified atom stereocenters. The number of amides is 4. The Bertz CT molecular complexity index is 922. The fraction of sp³-hybridized carbons (Fsp3) is 0.250. The van der Waals surface area contributed by atoms with Gasteiger partial charge < -0.3 is 5.32 Å². The van der Waals surface area contributed by atoms with Crippen molar-refractivity contribution in [2.24, 2.45) is 0 Å². The maximum Gasteiger partial charge on any atom is 0.344 e. The second-order valence-electron chi connectivity index (χ2n) is 6.68. The van der Waals surface area contributed by atoms with Gasteiger partial charge in [0.1, 0.15) is 5.54 Å². The van der Waals surface area contributed by atoms with E-state index in [0.29, 0.717) is 12.8 Å². The van der Waals surface area contributed by atoms with Gasteiger partial charge in [-0.15, -0.1) is 11.8 Å². The van der Waals surface area contributed by atoms with E-state index in [9.17, 15) is 14.4 Å². The molecule has 1 aliphatic rings. The van der Waals surface area contributed by atoms with E-state index in [4.69, 9.17) is 11.6 Å². The van der Waals surface area contributed by atoms with Crippen molar-refractivity contribution < 1.29 is 14.4 Å². The highest BCUT2D eigenvalue weighted by Gasteiger charge is 2.48. The number of aryl methyl sites for hydroxylation is 1. The summed E-state index contributed by atoms with van der Waals surface area (Å²) in [7, 11) is 0. The second kappa shape index (κ2) is 8.24. The van der Waals surface area contributed by atoms with Gasteiger partial charge in [-0.3, -0.25) is 15.0 Å². The van der Waals surface area contributed by atoms with Gasteiger partial charge in [0.2, 0.25) is 0 Å². The molecule has 3 rings (SSSR count). The normalized spacial score (nSPS) is 18.9. The highest BCUT2D eigenvalue weighted by atomic mass is 35.5. The highest BCUT2D eigenvalue weighted by Crippen LogP contribution is 2.25. The number of nitrogens with zero attached hydrogens (tertiary/aromatic N) is 1. The van der Waals surface area contributed by atoms with E-state index in [1.54, 1.807) is 25.1 Å². The third kappa shape index (κ3) is 4.15. The first-order valence-corrected chi connectivity index (χ1v) is 10.3. The Labute approximate surface area is 172 Å². The van der Waals surface area contributed by atoms with Crippen LogP contribution in [0.3, 0.4) is 0 Å². The fourth-order valence-corrected chi connectivity index (χ4v) is 3.60. The number of carbonyl (C=O) groups is 3. The lowest BCUT2D eigenvalue weighted by Gasteiger charge is -2.21. The van der Waals surface area contributed by atoms with Crippen LogP contribution in [0, 0.1) is 0 Å². The van der Waals surface area contributed by atoms with E-state index in [-0.39, 0.29) is 10.6 Å². The zero-order chi connectivity index (χ0) is 20.3. The van der Waals surface area contributed by atoms with E-state index >= 15 is 0 Å². The maximum absolute atomic E-state index is 12.8. The number of hydrogen-bond donors (Lipinski definition) is 2. The van der Waals surface area contributed by atoms with Crippen LogP contribution < -0.4 is 10.7 Å². The number of benzene rings is 2. The van der Waals surface area contributed by atoms with Crippen LogP contribution in [0.15, 0.2) is 53.4 Å². The number of halogens is 1. The minimum Gasteiger partial charge on any atom is -0.322 e. The van der Waals surface area contributed by atoms with Gasteiger partial charge in [-0.2, -0.15) is 5.01 Å². The molecule has 1 heterocycles. The Morgan fingerprint density at radius 2 is 1.93 bits per heavy atom. The van der Waals surface area contributed by atoms with Gasteiger partial charge in [-0.1, -0.05) is 41.9 Å². The van der Waals surface area contributed by atoms with Gasteiger partial charge in [0.15, 0.2) is 0 Å². The predicted octanol–water partition coefficient (Wildman–Crippen LogP) is 3.65. The number of thioether (sulfide) groups is 1. The predicted molar refractivity (Wildman–Crippen MR) is 109 cm³/mol. The average Bonchev–Trinajstić information content (AvgIpc) is 2.91. The standard InChI is InChI=1S/C20H20ClN3O3S/c1-20(11-10-13-6-4-3-5-7-13)18(26)24(19(27)22-20)23-17(25)15-12-14(28-2)8-9-16(15)21/h3-9,12H,10-11H2,1-2H3,(H,22,27)(H,23,25). The van der Waals surface area contributed by atoms with Crippen molar-refractivity contribution in [2.75, 3.05) is 6.26 Å². The molecule has 2 aromatic carbocycles. The van der Waals surface area contributed by atoms with Crippen molar-refractivity contribution in [2.45, 2.75) is 30.2 Å². The van der Waals surface area contributed by atoms with E-state index in [1.807, 2.05) is 36.6 Å². The summed E-state index contributed by atoms with van der Waals surface area (Å²) in [6.45, 7) is 1.66. The largest absolute Gasteiger partial charge is 0.344 e. The van der Waals surface area contributed by atoms with E-state index in [1.165, 1.54) is 11.8 Å². The van der Waals surface area contributed by atoms with Crippen molar-refractivity contribution in [3.63, 3.8) is 0 Å². The number of hydrogen-bond acceptors (Lipinski definition) is 4. The molecule has 1 atom stereocenters. The average molecular weight is 418 g/mol. The van der Waals surface area contributed by atoms with Crippen LogP contribution in [0.2, 0.25) is 5.02 Å². The van der Waals surface area contributed by atoms with Crippen molar-refractivity contribution in [1.29, 1.82) is 0 Å². The lowest BCUT2D eigenvalue weighted by molar-refractivity contribution is -0.132. The molecule has 0 bridgehead atoms. The quantitative estimate of drug-likeness (QED) is 0.555. The molecule has 0 spiro atoms. The second-order valence-corrected chi connectivity index (χ2v) is 7.96. The summed E-state index contributed by atoms with van der Waals surface area (Å²) in [6.07, 6.45) is 2.91. The molecular weight excluding hydrogens is 398 g/mol. The Morgan fingerprint density at radius 1 is 1.21 bits per heavy atom. The summed E-state index contributed by atoms with van der Waals surface area (Å²) >= 11 is 7.56. The molecule has 6 nitrogen and oxygen atoms in total. The minimum atomic E-state index is -1.09. The van der Waals surface area contributed by atoms with Crippen LogP contribution in [0.4, 0.5) is 4.79 Å². The summed E-state index contributed by atoms with van der Waals surface area (Å²) in [5.41, 5.74) is 2.55. The first kappa shape index (κ1) is 20.2. The Hall–Kier alpha value is -2.51. The summed E-state index contributed by atoms with van der Waals surface area (Å²) in [4.78, 5) is 38.6. The topological polar surface area (TPSA) is 78.5 Å². The van der Waals surface area contributed by atoms with Crippen LogP contribution in [0.1, 0.15) is 29.3 Å². The van der Waals surface area contributed by atoms with Gasteiger partial charge in [0, 0.05) is 4.90 Å². The van der Waals surface area contributed by atoms with E-state index in [0.717, 1.165) is 15.5 Å². The SMILES string of the molecule is CSc1ccc(Cl)c(C(=O)NN2C(=O)NC(C)(CCc3ccccc3)C2=O)c1. The van der Waals surface area contributed by atoms with Gasteiger partial charge in [0.05, 0.1) is 10.6 Å². The molecule has 4 amide bonds. The molecule has 28 heavy (non-hydrogen) atoms. The van der Waals surface area contributed by atoms with Crippen LogP contribution in [-0.2, 0) is 11.2 Å². The maximum atomic E-state index is 12.8. The molecule has 2 N–H and O–H groups in total. The Balaban J connectivity index is 1.72. The molecule has 2 aromatic rings. The molecule has 0 aliphatic carbocycles. The molecule has 1 aliphatic heterocycles. The van der Waals surface area contributed by atoms with Crippen LogP contribution in [0.5, 0.6) is 0 Å². The number of imide groups is 1. The van der Waals surface area contributed by atoms with Gasteiger partial charge >= 0.3 is 6.03 Å². The summed E-state index contributed by atoms with van der Waals surface area (Å²) < 4.78 is 0. The summed E-state index contributed by atoms with van der Waals surface area (Å²) in [6, 6.07) is 14.0. The third-order valence-electron chi connectivity index (χ3n) is 4.65. The van der Waals surface area contributed by atoms with Gasteiger partial charge in [0.25, 0.3) is 11.8 Å². The third-order valence-corrected chi connectivity index (χ3v) is 5.70. The first-order chi connectivity index (χ1) is 13.3. The number of carbonyl (C=O) groups excluding carboxylic acids is 3. The van der Waals surface area contributed by atoms with Gasteiger partial charge in [-0.25, -0.2) is 4.79 Å². The number of nitrogens with one attached hydrogen (secondary N) is 2. The number of urea groups is 1. The summed E-state index contributed by atoms with van der Waals surface area (Å²) in [5.74, 6) is -1.12. The first-order valence-electron chi connectivity index (χ1n) is 8.69. The molecule has 146 valence electrons. The number of rotatable bonds is 6. The lowest BCUT2D eigenvalue weighted by atomic mass is 9.93. The van der Waals surface area contributed by atoms with E-state index in [2.05, 4.69) is 10.7 Å². The van der Waals surface area contributed by atoms with Crippen LogP contribution >= 0.6 is 23.4 Å². The van der Waals surface area contributed by atoms with Crippen molar-refractivity contribution in [3.8, 4) is 0 Å². The van der Waals surface area contributed by atoms with Crippen molar-refractivity contribution >= 4 is 41.2 Å². The molecule has 1 fully saturated rings.